The van der Waals surface area contributed by atoms with Crippen molar-refractivity contribution in [1.29, 1.82) is 0 Å². The van der Waals surface area contributed by atoms with Crippen molar-refractivity contribution in [2.75, 3.05) is 0 Å². The summed E-state index contributed by atoms with van der Waals surface area (Å²) in [4.78, 5) is 11.9. The minimum Gasteiger partial charge on any atom is -0.507 e. The van der Waals surface area contributed by atoms with Crippen molar-refractivity contribution in [1.82, 2.24) is 0 Å². The first-order chi connectivity index (χ1) is 9.27. The van der Waals surface area contributed by atoms with E-state index in [2.05, 4.69) is 0 Å². The van der Waals surface area contributed by atoms with E-state index < -0.39 is 12.1 Å². The number of aliphatic hydroxyl groups is 1. The Labute approximate surface area is 110 Å². The van der Waals surface area contributed by atoms with E-state index in [9.17, 15) is 9.90 Å². The molecule has 1 unspecified atom stereocenters. The van der Waals surface area contributed by atoms with Crippen LogP contribution in [0.15, 0.2) is 66.4 Å². The lowest BCUT2D eigenvalue weighted by molar-refractivity contribution is -0.138. The zero-order valence-electron chi connectivity index (χ0n) is 10.1. The summed E-state index contributed by atoms with van der Waals surface area (Å²) in [6.45, 7) is 0. The number of cyclic esters (lactones) is 1. The van der Waals surface area contributed by atoms with Crippen LogP contribution in [0, 0.1) is 0 Å². The van der Waals surface area contributed by atoms with Crippen molar-refractivity contribution in [3.05, 3.63) is 77.5 Å². The van der Waals surface area contributed by atoms with Crippen LogP contribution < -0.4 is 0 Å². The molecule has 2 aromatic rings. The minimum atomic E-state index is -0.705. The Morgan fingerprint density at radius 1 is 0.895 bits per heavy atom. The Hall–Kier alpha value is -2.55. The molecule has 0 fully saturated rings. The number of hydrogen-bond acceptors (Lipinski definition) is 3. The van der Waals surface area contributed by atoms with E-state index in [4.69, 9.17) is 4.74 Å². The van der Waals surface area contributed by atoms with E-state index in [1.54, 1.807) is 12.1 Å². The average Bonchev–Trinajstić information content (AvgIpc) is 2.76. The van der Waals surface area contributed by atoms with E-state index in [1.165, 1.54) is 0 Å². The van der Waals surface area contributed by atoms with E-state index >= 15 is 0 Å². The van der Waals surface area contributed by atoms with Crippen molar-refractivity contribution in [3.63, 3.8) is 0 Å². The number of rotatable bonds is 2. The molecule has 3 nitrogen and oxygen atoms in total. The van der Waals surface area contributed by atoms with Gasteiger partial charge >= 0.3 is 5.97 Å². The quantitative estimate of drug-likeness (QED) is 0.834. The first-order valence-electron chi connectivity index (χ1n) is 6.02. The maximum Gasteiger partial charge on any atom is 0.343 e. The van der Waals surface area contributed by atoms with Gasteiger partial charge in [-0.1, -0.05) is 60.7 Å². The Morgan fingerprint density at radius 2 is 1.47 bits per heavy atom. The number of aliphatic hydroxyl groups excluding tert-OH is 1. The summed E-state index contributed by atoms with van der Waals surface area (Å²) in [5.41, 5.74) is 1.68. The van der Waals surface area contributed by atoms with Crippen molar-refractivity contribution in [2.24, 2.45) is 0 Å². The van der Waals surface area contributed by atoms with Crippen LogP contribution in [-0.2, 0) is 9.53 Å². The van der Waals surface area contributed by atoms with Gasteiger partial charge in [0.05, 0.1) is 0 Å². The van der Waals surface area contributed by atoms with Gasteiger partial charge in [-0.05, 0) is 5.56 Å². The smallest absolute Gasteiger partial charge is 0.343 e. The number of benzene rings is 2. The summed E-state index contributed by atoms with van der Waals surface area (Å²) in [5, 5.41) is 10.3. The standard InChI is InChI=1S/C16H12O3/c17-14-13(11-7-3-1-4-8-11)16(18)19-15(14)12-9-5-2-6-10-12/h1-10,15,17H. The molecule has 19 heavy (non-hydrogen) atoms. The third kappa shape index (κ3) is 1.99. The number of hydrogen-bond donors (Lipinski definition) is 1. The van der Waals surface area contributed by atoms with Crippen LogP contribution in [0.1, 0.15) is 17.2 Å². The van der Waals surface area contributed by atoms with Crippen LogP contribution in [0.3, 0.4) is 0 Å². The van der Waals surface area contributed by atoms with E-state index in [0.29, 0.717) is 5.56 Å². The fraction of sp³-hybridized carbons (Fsp3) is 0.0625. The van der Waals surface area contributed by atoms with Gasteiger partial charge in [0.2, 0.25) is 0 Å². The third-order valence-electron chi connectivity index (χ3n) is 3.10. The van der Waals surface area contributed by atoms with Crippen LogP contribution in [0.25, 0.3) is 5.57 Å². The molecule has 0 aromatic heterocycles. The summed E-state index contributed by atoms with van der Waals surface area (Å²) in [7, 11) is 0. The second-order valence-corrected chi connectivity index (χ2v) is 4.32. The predicted molar refractivity (Wildman–Crippen MR) is 71.3 cm³/mol. The minimum absolute atomic E-state index is 0.0256. The van der Waals surface area contributed by atoms with Crippen LogP contribution >= 0.6 is 0 Å². The molecule has 1 heterocycles. The lowest BCUT2D eigenvalue weighted by atomic mass is 10.0. The molecule has 94 valence electrons. The predicted octanol–water partition coefficient (Wildman–Crippen LogP) is 3.25. The Bertz CT molecular complexity index is 630. The van der Waals surface area contributed by atoms with Crippen molar-refractivity contribution in [3.8, 4) is 0 Å². The van der Waals surface area contributed by atoms with Gasteiger partial charge in [-0.2, -0.15) is 0 Å². The van der Waals surface area contributed by atoms with E-state index in [0.717, 1.165) is 5.56 Å². The second kappa shape index (κ2) is 4.61. The zero-order valence-corrected chi connectivity index (χ0v) is 10.1. The van der Waals surface area contributed by atoms with Gasteiger partial charge in [0.1, 0.15) is 5.57 Å². The molecule has 3 rings (SSSR count). The largest absolute Gasteiger partial charge is 0.507 e. The lowest BCUT2D eigenvalue weighted by Crippen LogP contribution is -2.03. The van der Waals surface area contributed by atoms with Gasteiger partial charge < -0.3 is 9.84 Å². The first-order valence-corrected chi connectivity index (χ1v) is 6.02. The molecule has 0 radical (unpaired) electrons. The molecule has 1 N–H and O–H groups in total. The van der Waals surface area contributed by atoms with Crippen LogP contribution in [-0.4, -0.2) is 11.1 Å². The molecule has 1 aliphatic heterocycles. The molecule has 0 saturated heterocycles. The van der Waals surface area contributed by atoms with Crippen molar-refractivity contribution < 1.29 is 14.6 Å². The third-order valence-corrected chi connectivity index (χ3v) is 3.10. The number of esters is 1. The SMILES string of the molecule is O=C1OC(c2ccccc2)C(O)=C1c1ccccc1. The molecule has 1 aliphatic rings. The van der Waals surface area contributed by atoms with Crippen LogP contribution in [0.5, 0.6) is 0 Å². The Balaban J connectivity index is 2.05. The van der Waals surface area contributed by atoms with Gasteiger partial charge in [0.15, 0.2) is 11.9 Å². The van der Waals surface area contributed by atoms with Gasteiger partial charge in [-0.3, -0.25) is 0 Å². The highest BCUT2D eigenvalue weighted by atomic mass is 16.6. The summed E-state index contributed by atoms with van der Waals surface area (Å²) in [6, 6.07) is 18.3. The topological polar surface area (TPSA) is 46.5 Å². The molecular formula is C16H12O3. The van der Waals surface area contributed by atoms with Gasteiger partial charge in [0.25, 0.3) is 0 Å². The fourth-order valence-corrected chi connectivity index (χ4v) is 2.18. The monoisotopic (exact) mass is 252 g/mol. The fourth-order valence-electron chi connectivity index (χ4n) is 2.18. The lowest BCUT2D eigenvalue weighted by Gasteiger charge is -2.09. The van der Waals surface area contributed by atoms with Crippen molar-refractivity contribution in [2.45, 2.75) is 6.10 Å². The highest BCUT2D eigenvalue weighted by Crippen LogP contribution is 2.37. The molecule has 0 spiro atoms. The summed E-state index contributed by atoms with van der Waals surface area (Å²) >= 11 is 0. The van der Waals surface area contributed by atoms with Gasteiger partial charge in [0, 0.05) is 5.56 Å². The summed E-state index contributed by atoms with van der Waals surface area (Å²) in [5.74, 6) is -0.514. The maximum absolute atomic E-state index is 11.9. The first kappa shape index (κ1) is 11.5. The summed E-state index contributed by atoms with van der Waals surface area (Å²) < 4.78 is 5.26. The summed E-state index contributed by atoms with van der Waals surface area (Å²) in [6.07, 6.45) is -0.705. The molecule has 2 aromatic carbocycles. The zero-order chi connectivity index (χ0) is 13.2. The molecule has 0 saturated carbocycles. The van der Waals surface area contributed by atoms with Crippen LogP contribution in [0.2, 0.25) is 0 Å². The Kier molecular flexibility index (Phi) is 2.80. The van der Waals surface area contributed by atoms with E-state index in [-0.39, 0.29) is 11.3 Å². The molecule has 1 atom stereocenters. The van der Waals surface area contributed by atoms with Crippen molar-refractivity contribution >= 4 is 11.5 Å². The Morgan fingerprint density at radius 3 is 2.11 bits per heavy atom. The molecular weight excluding hydrogens is 240 g/mol. The van der Waals surface area contributed by atoms with Gasteiger partial charge in [-0.15, -0.1) is 0 Å². The second-order valence-electron chi connectivity index (χ2n) is 4.32. The maximum atomic E-state index is 11.9. The number of ether oxygens (including phenoxy) is 1. The number of carbonyl (C=O) groups is 1. The highest BCUT2D eigenvalue weighted by Gasteiger charge is 2.35. The number of carbonyl (C=O) groups excluding carboxylic acids is 1. The normalized spacial score (nSPS) is 18.5. The molecule has 0 amide bonds. The molecule has 3 heteroatoms. The molecule has 0 aliphatic carbocycles. The molecule has 0 bridgehead atoms. The van der Waals surface area contributed by atoms with E-state index in [1.807, 2.05) is 48.5 Å². The highest BCUT2D eigenvalue weighted by molar-refractivity contribution is 6.19. The average molecular weight is 252 g/mol. The van der Waals surface area contributed by atoms with Gasteiger partial charge in [-0.25, -0.2) is 4.79 Å². The van der Waals surface area contributed by atoms with Crippen LogP contribution in [0.4, 0.5) is 0 Å².